The number of nitrogens with one attached hydrogen (secondary N) is 1. The standard InChI is InChI=1S/C18H25ClFN/c1-17(2,3)21-11-18(8-12-7-13(12)9-18)10-14-15(19)5-4-6-16(14)20/h4-6,12-13,21H,7-11H2,1-3H3. The van der Waals surface area contributed by atoms with Gasteiger partial charge in [0.15, 0.2) is 0 Å². The van der Waals surface area contributed by atoms with E-state index in [2.05, 4.69) is 26.1 Å². The molecule has 3 heteroatoms. The van der Waals surface area contributed by atoms with Crippen molar-refractivity contribution in [2.75, 3.05) is 6.54 Å². The third-order valence-corrected chi connectivity index (χ3v) is 5.42. The molecule has 3 rings (SSSR count). The first-order valence-electron chi connectivity index (χ1n) is 7.96. The predicted octanol–water partition coefficient (Wildman–Crippen LogP) is 4.83. The summed E-state index contributed by atoms with van der Waals surface area (Å²) in [6.07, 6.45) is 4.56. The van der Waals surface area contributed by atoms with E-state index in [1.165, 1.54) is 25.3 Å². The van der Waals surface area contributed by atoms with Crippen molar-refractivity contribution in [3.05, 3.63) is 34.6 Å². The first-order valence-corrected chi connectivity index (χ1v) is 8.34. The number of hydrogen-bond donors (Lipinski definition) is 1. The first kappa shape index (κ1) is 15.3. The van der Waals surface area contributed by atoms with Gasteiger partial charge >= 0.3 is 0 Å². The van der Waals surface area contributed by atoms with Gasteiger partial charge in [0.2, 0.25) is 0 Å². The van der Waals surface area contributed by atoms with Gasteiger partial charge in [-0.25, -0.2) is 4.39 Å². The molecule has 0 amide bonds. The van der Waals surface area contributed by atoms with E-state index in [1.807, 2.05) is 0 Å². The minimum absolute atomic E-state index is 0.0960. The molecule has 0 saturated heterocycles. The lowest BCUT2D eigenvalue weighted by molar-refractivity contribution is 0.220. The van der Waals surface area contributed by atoms with Gasteiger partial charge in [-0.1, -0.05) is 17.7 Å². The molecule has 2 atom stereocenters. The Kier molecular flexibility index (Phi) is 3.82. The minimum atomic E-state index is -0.154. The smallest absolute Gasteiger partial charge is 0.127 e. The Hall–Kier alpha value is -0.600. The molecule has 21 heavy (non-hydrogen) atoms. The molecule has 0 aliphatic heterocycles. The maximum absolute atomic E-state index is 14.2. The van der Waals surface area contributed by atoms with E-state index in [0.717, 1.165) is 24.8 Å². The molecule has 0 bridgehead atoms. The summed E-state index contributed by atoms with van der Waals surface area (Å²) in [4.78, 5) is 0. The van der Waals surface area contributed by atoms with Crippen molar-refractivity contribution in [1.82, 2.24) is 5.32 Å². The zero-order valence-corrected chi connectivity index (χ0v) is 13.9. The van der Waals surface area contributed by atoms with Crippen LogP contribution in [0.25, 0.3) is 0 Å². The van der Waals surface area contributed by atoms with Gasteiger partial charge in [-0.2, -0.15) is 0 Å². The molecule has 0 aromatic heterocycles. The normalized spacial score (nSPS) is 31.3. The molecule has 0 heterocycles. The second-order valence-electron chi connectivity index (χ2n) is 8.14. The van der Waals surface area contributed by atoms with Crippen LogP contribution in [0.2, 0.25) is 5.02 Å². The highest BCUT2D eigenvalue weighted by molar-refractivity contribution is 6.31. The van der Waals surface area contributed by atoms with E-state index in [9.17, 15) is 4.39 Å². The van der Waals surface area contributed by atoms with E-state index >= 15 is 0 Å². The fourth-order valence-electron chi connectivity index (χ4n) is 3.89. The molecule has 1 nitrogen and oxygen atoms in total. The van der Waals surface area contributed by atoms with Crippen LogP contribution in [-0.2, 0) is 6.42 Å². The van der Waals surface area contributed by atoms with Crippen molar-refractivity contribution < 1.29 is 4.39 Å². The second kappa shape index (κ2) is 5.24. The molecule has 1 aromatic rings. The van der Waals surface area contributed by atoms with Crippen molar-refractivity contribution in [1.29, 1.82) is 0 Å². The third kappa shape index (κ3) is 3.43. The Morgan fingerprint density at radius 3 is 2.52 bits per heavy atom. The highest BCUT2D eigenvalue weighted by Crippen LogP contribution is 2.61. The van der Waals surface area contributed by atoms with Gasteiger partial charge in [0.05, 0.1) is 0 Å². The van der Waals surface area contributed by atoms with E-state index in [0.29, 0.717) is 10.6 Å². The van der Waals surface area contributed by atoms with Gasteiger partial charge in [-0.05, 0) is 75.8 Å². The highest BCUT2D eigenvalue weighted by atomic mass is 35.5. The van der Waals surface area contributed by atoms with Gasteiger partial charge in [-0.3, -0.25) is 0 Å². The van der Waals surface area contributed by atoms with Gasteiger partial charge in [0.1, 0.15) is 5.82 Å². The summed E-state index contributed by atoms with van der Waals surface area (Å²) in [7, 11) is 0. The van der Waals surface area contributed by atoms with Gasteiger partial charge in [0.25, 0.3) is 0 Å². The molecular formula is C18H25ClFN. The number of rotatable bonds is 4. The van der Waals surface area contributed by atoms with Crippen LogP contribution in [-0.4, -0.2) is 12.1 Å². The van der Waals surface area contributed by atoms with Crippen LogP contribution in [0, 0.1) is 23.1 Å². The lowest BCUT2D eigenvalue weighted by atomic mass is 9.76. The lowest BCUT2D eigenvalue weighted by Crippen LogP contribution is -2.44. The Morgan fingerprint density at radius 2 is 1.95 bits per heavy atom. The van der Waals surface area contributed by atoms with Gasteiger partial charge < -0.3 is 5.32 Å². The Bertz CT molecular complexity index is 504. The first-order chi connectivity index (χ1) is 9.78. The summed E-state index contributed by atoms with van der Waals surface area (Å²) in [5.41, 5.74) is 0.974. The topological polar surface area (TPSA) is 12.0 Å². The molecule has 116 valence electrons. The van der Waals surface area contributed by atoms with Crippen LogP contribution in [0.3, 0.4) is 0 Å². The SMILES string of the molecule is CC(C)(C)NCC1(Cc2c(F)cccc2Cl)CC2CC2C1. The average Bonchev–Trinajstić information content (AvgIpc) is 3.00. The van der Waals surface area contributed by atoms with Crippen LogP contribution in [0.15, 0.2) is 18.2 Å². The maximum atomic E-state index is 14.2. The van der Waals surface area contributed by atoms with Gasteiger partial charge in [-0.15, -0.1) is 0 Å². The van der Waals surface area contributed by atoms with E-state index in [1.54, 1.807) is 12.1 Å². The fraction of sp³-hybridized carbons (Fsp3) is 0.667. The average molecular weight is 310 g/mol. The number of benzene rings is 1. The quantitative estimate of drug-likeness (QED) is 0.840. The molecular weight excluding hydrogens is 285 g/mol. The number of fused-ring (bicyclic) bond motifs is 1. The second-order valence-corrected chi connectivity index (χ2v) is 8.55. The van der Waals surface area contributed by atoms with Crippen LogP contribution in [0.5, 0.6) is 0 Å². The fourth-order valence-corrected chi connectivity index (χ4v) is 4.12. The Balaban J connectivity index is 1.80. The van der Waals surface area contributed by atoms with E-state index < -0.39 is 0 Å². The summed E-state index contributed by atoms with van der Waals surface area (Å²) in [5.74, 6) is 1.59. The molecule has 1 N–H and O–H groups in total. The Labute approximate surface area is 132 Å². The lowest BCUT2D eigenvalue weighted by Gasteiger charge is -2.35. The molecule has 2 aliphatic carbocycles. The third-order valence-electron chi connectivity index (χ3n) is 5.07. The summed E-state index contributed by atoms with van der Waals surface area (Å²) in [6, 6.07) is 5.02. The highest BCUT2D eigenvalue weighted by Gasteiger charge is 2.53. The monoisotopic (exact) mass is 309 g/mol. The molecule has 2 fully saturated rings. The zero-order chi connectivity index (χ0) is 15.3. The molecule has 1 aromatic carbocycles. The summed E-state index contributed by atoms with van der Waals surface area (Å²) in [6.45, 7) is 7.51. The molecule has 0 radical (unpaired) electrons. The summed E-state index contributed by atoms with van der Waals surface area (Å²) < 4.78 is 14.2. The van der Waals surface area contributed by atoms with E-state index in [-0.39, 0.29) is 16.8 Å². The zero-order valence-electron chi connectivity index (χ0n) is 13.2. The Morgan fingerprint density at radius 1 is 1.29 bits per heavy atom. The van der Waals surface area contributed by atoms with Crippen molar-refractivity contribution in [2.24, 2.45) is 17.3 Å². The van der Waals surface area contributed by atoms with Crippen molar-refractivity contribution >= 4 is 11.6 Å². The van der Waals surface area contributed by atoms with Gasteiger partial charge in [0, 0.05) is 22.7 Å². The maximum Gasteiger partial charge on any atom is 0.127 e. The molecule has 2 unspecified atom stereocenters. The molecule has 2 saturated carbocycles. The minimum Gasteiger partial charge on any atom is -0.312 e. The van der Waals surface area contributed by atoms with Crippen LogP contribution >= 0.6 is 11.6 Å². The predicted molar refractivity (Wildman–Crippen MR) is 86.1 cm³/mol. The van der Waals surface area contributed by atoms with Crippen LogP contribution < -0.4 is 5.32 Å². The molecule has 2 aliphatic rings. The summed E-state index contributed by atoms with van der Waals surface area (Å²) >= 11 is 6.25. The van der Waals surface area contributed by atoms with Crippen LogP contribution in [0.4, 0.5) is 4.39 Å². The molecule has 0 spiro atoms. The number of halogens is 2. The number of hydrogen-bond acceptors (Lipinski definition) is 1. The van der Waals surface area contributed by atoms with E-state index in [4.69, 9.17) is 11.6 Å². The largest absolute Gasteiger partial charge is 0.312 e. The van der Waals surface area contributed by atoms with Crippen molar-refractivity contribution in [3.8, 4) is 0 Å². The van der Waals surface area contributed by atoms with Crippen LogP contribution in [0.1, 0.15) is 45.6 Å². The summed E-state index contributed by atoms with van der Waals surface area (Å²) in [5, 5.41) is 4.21. The van der Waals surface area contributed by atoms with Crippen molar-refractivity contribution in [3.63, 3.8) is 0 Å². The van der Waals surface area contributed by atoms with Crippen molar-refractivity contribution in [2.45, 2.75) is 52.0 Å².